The first kappa shape index (κ1) is 19.4. The van der Waals surface area contributed by atoms with E-state index in [1.165, 1.54) is 0 Å². The number of carbonyl (C=O) groups excluding carboxylic acids is 1. The molecule has 1 aromatic heterocycles. The number of rotatable bonds is 5. The van der Waals surface area contributed by atoms with E-state index >= 15 is 0 Å². The highest BCUT2D eigenvalue weighted by molar-refractivity contribution is 9.10. The van der Waals surface area contributed by atoms with Crippen molar-refractivity contribution in [2.24, 2.45) is 5.92 Å². The molecule has 1 aliphatic rings. The highest BCUT2D eigenvalue weighted by atomic mass is 79.9. The standard InChI is InChI=1S/C18H19BrN2O2.C2H6/c1-23-15-7-5-13(6-8-15)12-21(18(22)14-3-2-4-14)17-11-20-10-9-16(17)19;1-2/h5-11,14H,2-4,12H2,1H3;1-2H3. The fourth-order valence-electron chi connectivity index (χ4n) is 2.64. The number of ether oxygens (including phenoxy) is 1. The molecule has 25 heavy (non-hydrogen) atoms. The smallest absolute Gasteiger partial charge is 0.230 e. The molecule has 1 heterocycles. The van der Waals surface area contributed by atoms with E-state index in [4.69, 9.17) is 4.74 Å². The topological polar surface area (TPSA) is 42.4 Å². The van der Waals surface area contributed by atoms with E-state index in [0.29, 0.717) is 6.54 Å². The molecule has 0 unspecified atom stereocenters. The van der Waals surface area contributed by atoms with Crippen molar-refractivity contribution in [3.63, 3.8) is 0 Å². The molecule has 3 rings (SSSR count). The van der Waals surface area contributed by atoms with Crippen LogP contribution in [0.5, 0.6) is 5.75 Å². The zero-order valence-electron chi connectivity index (χ0n) is 15.0. The van der Waals surface area contributed by atoms with Crippen LogP contribution in [0.3, 0.4) is 0 Å². The van der Waals surface area contributed by atoms with Crippen LogP contribution >= 0.6 is 15.9 Å². The quantitative estimate of drug-likeness (QED) is 0.686. The maximum absolute atomic E-state index is 12.9. The van der Waals surface area contributed by atoms with Crippen LogP contribution in [-0.2, 0) is 11.3 Å². The van der Waals surface area contributed by atoms with Crippen LogP contribution in [0.4, 0.5) is 5.69 Å². The fraction of sp³-hybridized carbons (Fsp3) is 0.400. The van der Waals surface area contributed by atoms with Crippen LogP contribution in [-0.4, -0.2) is 18.0 Å². The van der Waals surface area contributed by atoms with Gasteiger partial charge in [0.1, 0.15) is 5.75 Å². The molecular formula is C20H25BrN2O2. The largest absolute Gasteiger partial charge is 0.497 e. The van der Waals surface area contributed by atoms with Gasteiger partial charge in [-0.1, -0.05) is 32.4 Å². The Bertz CT molecular complexity index is 684. The first-order valence-electron chi connectivity index (χ1n) is 8.73. The second-order valence-electron chi connectivity index (χ2n) is 5.73. The Hall–Kier alpha value is -1.88. The second-order valence-corrected chi connectivity index (χ2v) is 6.58. The Morgan fingerprint density at radius 3 is 2.44 bits per heavy atom. The van der Waals surface area contributed by atoms with Crippen molar-refractivity contribution in [2.75, 3.05) is 12.0 Å². The summed E-state index contributed by atoms with van der Waals surface area (Å²) in [6.07, 6.45) is 6.56. The third-order valence-corrected chi connectivity index (χ3v) is 4.93. The van der Waals surface area contributed by atoms with E-state index in [1.807, 2.05) is 49.1 Å². The van der Waals surface area contributed by atoms with Gasteiger partial charge in [-0.15, -0.1) is 0 Å². The highest BCUT2D eigenvalue weighted by Crippen LogP contribution is 2.33. The van der Waals surface area contributed by atoms with Crippen molar-refractivity contribution in [1.29, 1.82) is 0 Å². The van der Waals surface area contributed by atoms with Gasteiger partial charge in [-0.3, -0.25) is 9.78 Å². The van der Waals surface area contributed by atoms with Gasteiger partial charge in [0.25, 0.3) is 0 Å². The molecule has 4 nitrogen and oxygen atoms in total. The molecule has 0 atom stereocenters. The number of carbonyl (C=O) groups is 1. The van der Waals surface area contributed by atoms with Crippen LogP contribution in [0, 0.1) is 5.92 Å². The molecule has 1 fully saturated rings. The van der Waals surface area contributed by atoms with Crippen molar-refractivity contribution >= 4 is 27.5 Å². The fourth-order valence-corrected chi connectivity index (χ4v) is 3.07. The lowest BCUT2D eigenvalue weighted by Crippen LogP contribution is -2.38. The first-order valence-corrected chi connectivity index (χ1v) is 9.52. The molecule has 5 heteroatoms. The Kier molecular flexibility index (Phi) is 7.44. The third-order valence-electron chi connectivity index (χ3n) is 4.26. The van der Waals surface area contributed by atoms with Crippen LogP contribution < -0.4 is 9.64 Å². The summed E-state index contributed by atoms with van der Waals surface area (Å²) in [5.74, 6) is 1.13. The normalized spacial score (nSPS) is 13.3. The summed E-state index contributed by atoms with van der Waals surface area (Å²) in [5, 5.41) is 0. The Morgan fingerprint density at radius 1 is 1.24 bits per heavy atom. The van der Waals surface area contributed by atoms with Gasteiger partial charge in [-0.05, 0) is 52.5 Å². The maximum Gasteiger partial charge on any atom is 0.230 e. The summed E-state index contributed by atoms with van der Waals surface area (Å²) >= 11 is 3.54. The number of halogens is 1. The number of anilines is 1. The molecule has 0 saturated heterocycles. The molecular weight excluding hydrogens is 380 g/mol. The number of hydrogen-bond acceptors (Lipinski definition) is 3. The summed E-state index contributed by atoms with van der Waals surface area (Å²) < 4.78 is 6.08. The first-order chi connectivity index (χ1) is 12.2. The van der Waals surface area contributed by atoms with Gasteiger partial charge in [0.2, 0.25) is 5.91 Å². The molecule has 0 N–H and O–H groups in total. The molecule has 134 valence electrons. The van der Waals surface area contributed by atoms with Crippen molar-refractivity contribution in [2.45, 2.75) is 39.7 Å². The number of aromatic nitrogens is 1. The molecule has 0 radical (unpaired) electrons. The molecule has 1 aromatic carbocycles. The SMILES string of the molecule is CC.COc1ccc(CN(C(=O)C2CCC2)c2cnccc2Br)cc1. The second kappa shape index (κ2) is 9.56. The van der Waals surface area contributed by atoms with Crippen molar-refractivity contribution in [3.05, 3.63) is 52.8 Å². The molecule has 1 amide bonds. The minimum absolute atomic E-state index is 0.139. The van der Waals surface area contributed by atoms with E-state index in [0.717, 1.165) is 40.7 Å². The van der Waals surface area contributed by atoms with Gasteiger partial charge >= 0.3 is 0 Å². The van der Waals surface area contributed by atoms with E-state index in [2.05, 4.69) is 20.9 Å². The monoisotopic (exact) mass is 404 g/mol. The Labute approximate surface area is 158 Å². The third kappa shape index (κ3) is 4.82. The molecule has 2 aromatic rings. The van der Waals surface area contributed by atoms with Gasteiger partial charge in [0.15, 0.2) is 0 Å². The zero-order valence-corrected chi connectivity index (χ0v) is 16.6. The maximum atomic E-state index is 12.9. The number of amides is 1. The Morgan fingerprint density at radius 2 is 1.92 bits per heavy atom. The highest BCUT2D eigenvalue weighted by Gasteiger charge is 2.31. The predicted octanol–water partition coefficient (Wildman–Crippen LogP) is 5.21. The lowest BCUT2D eigenvalue weighted by Gasteiger charge is -2.32. The number of benzene rings is 1. The minimum atomic E-state index is 0.139. The zero-order chi connectivity index (χ0) is 18.2. The molecule has 1 aliphatic carbocycles. The van der Waals surface area contributed by atoms with Crippen LogP contribution in [0.1, 0.15) is 38.7 Å². The average molecular weight is 405 g/mol. The summed E-state index contributed by atoms with van der Waals surface area (Å²) in [4.78, 5) is 18.9. The number of pyridine rings is 1. The van der Waals surface area contributed by atoms with Crippen molar-refractivity contribution in [3.8, 4) is 5.75 Å². The van der Waals surface area contributed by atoms with E-state index in [-0.39, 0.29) is 11.8 Å². The van der Waals surface area contributed by atoms with Crippen molar-refractivity contribution in [1.82, 2.24) is 4.98 Å². The van der Waals surface area contributed by atoms with Gasteiger partial charge in [-0.2, -0.15) is 0 Å². The summed E-state index contributed by atoms with van der Waals surface area (Å²) in [6, 6.07) is 9.68. The average Bonchev–Trinajstić information content (AvgIpc) is 2.61. The summed E-state index contributed by atoms with van der Waals surface area (Å²) in [7, 11) is 1.65. The van der Waals surface area contributed by atoms with E-state index in [1.54, 1.807) is 19.5 Å². The van der Waals surface area contributed by atoms with Crippen molar-refractivity contribution < 1.29 is 9.53 Å². The van der Waals surface area contributed by atoms with Crippen LogP contribution in [0.15, 0.2) is 47.2 Å². The number of nitrogens with zero attached hydrogens (tertiary/aromatic N) is 2. The van der Waals surface area contributed by atoms with Gasteiger partial charge < -0.3 is 9.64 Å². The van der Waals surface area contributed by atoms with Gasteiger partial charge in [0, 0.05) is 16.6 Å². The molecule has 1 saturated carbocycles. The molecule has 0 spiro atoms. The Balaban J connectivity index is 0.00000109. The number of methoxy groups -OCH3 is 1. The predicted molar refractivity (Wildman–Crippen MR) is 105 cm³/mol. The lowest BCUT2D eigenvalue weighted by molar-refractivity contribution is -0.124. The molecule has 0 aliphatic heterocycles. The van der Waals surface area contributed by atoms with E-state index in [9.17, 15) is 4.79 Å². The van der Waals surface area contributed by atoms with Gasteiger partial charge in [-0.25, -0.2) is 0 Å². The van der Waals surface area contributed by atoms with Crippen LogP contribution in [0.2, 0.25) is 0 Å². The van der Waals surface area contributed by atoms with E-state index < -0.39 is 0 Å². The summed E-state index contributed by atoms with van der Waals surface area (Å²) in [6.45, 7) is 4.53. The minimum Gasteiger partial charge on any atom is -0.497 e. The lowest BCUT2D eigenvalue weighted by atomic mass is 9.84. The molecule has 0 bridgehead atoms. The summed E-state index contributed by atoms with van der Waals surface area (Å²) in [5.41, 5.74) is 1.88. The van der Waals surface area contributed by atoms with Gasteiger partial charge in [0.05, 0.1) is 25.5 Å². The van der Waals surface area contributed by atoms with Crippen LogP contribution in [0.25, 0.3) is 0 Å². The number of hydrogen-bond donors (Lipinski definition) is 0.